The van der Waals surface area contributed by atoms with Gasteiger partial charge in [-0.05, 0) is 43.2 Å². The quantitative estimate of drug-likeness (QED) is 0.584. The zero-order valence-electron chi connectivity index (χ0n) is 18.3. The van der Waals surface area contributed by atoms with Crippen molar-refractivity contribution < 1.29 is 23.4 Å². The van der Waals surface area contributed by atoms with Crippen molar-refractivity contribution in [1.29, 1.82) is 0 Å². The van der Waals surface area contributed by atoms with Crippen LogP contribution < -0.4 is 26.0 Å². The predicted octanol–water partition coefficient (Wildman–Crippen LogP) is 2.14. The van der Waals surface area contributed by atoms with E-state index >= 15 is 0 Å². The molecule has 1 saturated heterocycles. The number of hydrogen-bond donors (Lipinski definition) is 1. The van der Waals surface area contributed by atoms with Gasteiger partial charge in [-0.2, -0.15) is 0 Å². The fourth-order valence-electron chi connectivity index (χ4n) is 3.93. The highest BCUT2D eigenvalue weighted by Gasteiger charge is 2.23. The van der Waals surface area contributed by atoms with Crippen LogP contribution in [0.2, 0.25) is 0 Å². The lowest BCUT2D eigenvalue weighted by molar-refractivity contribution is -0.116. The Bertz CT molecular complexity index is 1290. The van der Waals surface area contributed by atoms with Crippen molar-refractivity contribution in [3.05, 3.63) is 63.1 Å². The highest BCUT2D eigenvalue weighted by atomic mass is 19.1. The molecule has 4 rings (SSSR count). The van der Waals surface area contributed by atoms with E-state index in [0.717, 1.165) is 17.4 Å². The highest BCUT2D eigenvalue weighted by molar-refractivity contribution is 5.92. The second-order valence-electron chi connectivity index (χ2n) is 7.70. The lowest BCUT2D eigenvalue weighted by Crippen LogP contribution is -2.43. The number of carbonyl (C=O) groups excluding carboxylic acids is 1. The normalized spacial score (nSPS) is 15.5. The van der Waals surface area contributed by atoms with Crippen molar-refractivity contribution in [1.82, 2.24) is 9.13 Å². The molecule has 1 aliphatic rings. The summed E-state index contributed by atoms with van der Waals surface area (Å²) in [5.41, 5.74) is -0.516. The van der Waals surface area contributed by atoms with Crippen molar-refractivity contribution in [3.8, 4) is 11.5 Å². The number of aromatic nitrogens is 2. The topological polar surface area (TPSA) is 101 Å². The average molecular weight is 457 g/mol. The van der Waals surface area contributed by atoms with Crippen LogP contribution in [0.1, 0.15) is 12.8 Å². The number of rotatable bonds is 7. The molecule has 10 heteroatoms. The molecule has 0 spiro atoms. The third-order valence-corrected chi connectivity index (χ3v) is 5.57. The molecule has 1 N–H and O–H groups in total. The monoisotopic (exact) mass is 457 g/mol. The average Bonchev–Trinajstić information content (AvgIpc) is 3.33. The van der Waals surface area contributed by atoms with Crippen LogP contribution in [0.5, 0.6) is 11.5 Å². The summed E-state index contributed by atoms with van der Waals surface area (Å²) in [6.45, 7) is 0.293. The summed E-state index contributed by atoms with van der Waals surface area (Å²) in [5, 5.41) is 2.84. The Labute approximate surface area is 188 Å². The number of amides is 1. The van der Waals surface area contributed by atoms with Crippen LogP contribution in [0.25, 0.3) is 10.9 Å². The molecule has 0 aliphatic carbocycles. The maximum atomic E-state index is 13.3. The predicted molar refractivity (Wildman–Crippen MR) is 120 cm³/mol. The number of methoxy groups -OCH3 is 2. The fraction of sp³-hybridized carbons (Fsp3) is 0.348. The van der Waals surface area contributed by atoms with Gasteiger partial charge in [0.2, 0.25) is 5.91 Å². The summed E-state index contributed by atoms with van der Waals surface area (Å²) >= 11 is 0. The molecule has 0 radical (unpaired) electrons. The molecule has 1 aromatic heterocycles. The number of nitrogens with one attached hydrogen (secondary N) is 1. The Morgan fingerprint density at radius 2 is 1.82 bits per heavy atom. The van der Waals surface area contributed by atoms with Gasteiger partial charge in [0.1, 0.15) is 12.4 Å². The van der Waals surface area contributed by atoms with Gasteiger partial charge in [-0.1, -0.05) is 0 Å². The molecular weight excluding hydrogens is 433 g/mol. The summed E-state index contributed by atoms with van der Waals surface area (Å²) in [6.07, 6.45) is 1.34. The number of hydrogen-bond acceptors (Lipinski definition) is 6. The minimum atomic E-state index is -0.635. The van der Waals surface area contributed by atoms with Gasteiger partial charge >= 0.3 is 5.69 Å². The Morgan fingerprint density at radius 3 is 2.45 bits per heavy atom. The van der Waals surface area contributed by atoms with Crippen LogP contribution >= 0.6 is 0 Å². The molecule has 1 atom stereocenters. The fourth-order valence-corrected chi connectivity index (χ4v) is 3.93. The second kappa shape index (κ2) is 9.45. The number of nitrogens with zero attached hydrogens (tertiary/aromatic N) is 2. The zero-order chi connectivity index (χ0) is 23.5. The number of anilines is 1. The zero-order valence-corrected chi connectivity index (χ0v) is 18.3. The van der Waals surface area contributed by atoms with E-state index in [9.17, 15) is 18.8 Å². The molecule has 2 heterocycles. The van der Waals surface area contributed by atoms with E-state index in [4.69, 9.17) is 14.2 Å². The first kappa shape index (κ1) is 22.5. The Kier molecular flexibility index (Phi) is 6.45. The van der Waals surface area contributed by atoms with Crippen LogP contribution in [0.4, 0.5) is 10.1 Å². The van der Waals surface area contributed by atoms with Crippen molar-refractivity contribution in [2.45, 2.75) is 32.0 Å². The molecule has 0 bridgehead atoms. The van der Waals surface area contributed by atoms with Crippen molar-refractivity contribution in [3.63, 3.8) is 0 Å². The number of benzene rings is 2. The maximum Gasteiger partial charge on any atom is 0.332 e. The van der Waals surface area contributed by atoms with E-state index < -0.39 is 23.0 Å². The summed E-state index contributed by atoms with van der Waals surface area (Å²) < 4.78 is 31.7. The third-order valence-electron chi connectivity index (χ3n) is 5.57. The highest BCUT2D eigenvalue weighted by Crippen LogP contribution is 2.30. The first-order chi connectivity index (χ1) is 15.9. The van der Waals surface area contributed by atoms with E-state index in [1.165, 1.54) is 55.2 Å². The molecule has 1 fully saturated rings. The minimum Gasteiger partial charge on any atom is -0.493 e. The molecule has 2 aromatic carbocycles. The largest absolute Gasteiger partial charge is 0.493 e. The number of carbonyl (C=O) groups is 1. The van der Waals surface area contributed by atoms with Gasteiger partial charge in [0.05, 0.1) is 37.8 Å². The first-order valence-electron chi connectivity index (χ1n) is 10.5. The molecule has 0 saturated carbocycles. The van der Waals surface area contributed by atoms with Crippen LogP contribution in [-0.2, 0) is 22.6 Å². The van der Waals surface area contributed by atoms with Crippen LogP contribution in [0.15, 0.2) is 46.0 Å². The Hall–Kier alpha value is -3.66. The SMILES string of the molecule is COc1cc2c(=O)n(C[C@H]3CCCO3)c(=O)n(CC(=O)Nc3ccc(F)cc3)c2cc1OC. The first-order valence-corrected chi connectivity index (χ1v) is 10.5. The van der Waals surface area contributed by atoms with Gasteiger partial charge in [0.25, 0.3) is 5.56 Å². The molecule has 3 aromatic rings. The Balaban J connectivity index is 1.80. The number of ether oxygens (including phenoxy) is 3. The van der Waals surface area contributed by atoms with Gasteiger partial charge in [0.15, 0.2) is 11.5 Å². The molecule has 174 valence electrons. The van der Waals surface area contributed by atoms with Crippen LogP contribution in [-0.4, -0.2) is 42.0 Å². The summed E-state index contributed by atoms with van der Waals surface area (Å²) in [4.78, 5) is 39.3. The summed E-state index contributed by atoms with van der Waals surface area (Å²) in [5.74, 6) is -0.306. The molecule has 0 unspecified atom stereocenters. The van der Waals surface area contributed by atoms with Crippen molar-refractivity contribution in [2.24, 2.45) is 0 Å². The van der Waals surface area contributed by atoms with E-state index in [1.54, 1.807) is 0 Å². The summed E-state index contributed by atoms with van der Waals surface area (Å²) in [7, 11) is 2.88. The lowest BCUT2D eigenvalue weighted by Gasteiger charge is -2.18. The van der Waals surface area contributed by atoms with Gasteiger partial charge in [0, 0.05) is 18.4 Å². The van der Waals surface area contributed by atoms with E-state index in [0.29, 0.717) is 23.8 Å². The number of fused-ring (bicyclic) bond motifs is 1. The van der Waals surface area contributed by atoms with E-state index in [-0.39, 0.29) is 30.1 Å². The van der Waals surface area contributed by atoms with Gasteiger partial charge < -0.3 is 19.5 Å². The lowest BCUT2D eigenvalue weighted by atomic mass is 10.2. The maximum absolute atomic E-state index is 13.3. The van der Waals surface area contributed by atoms with E-state index in [1.807, 2.05) is 0 Å². The smallest absolute Gasteiger partial charge is 0.332 e. The molecule has 1 amide bonds. The van der Waals surface area contributed by atoms with Crippen LogP contribution in [0, 0.1) is 5.82 Å². The van der Waals surface area contributed by atoms with Gasteiger partial charge in [-0.3, -0.25) is 18.7 Å². The molecular formula is C23H24FN3O6. The van der Waals surface area contributed by atoms with Gasteiger partial charge in [-0.25, -0.2) is 9.18 Å². The molecule has 9 nitrogen and oxygen atoms in total. The van der Waals surface area contributed by atoms with Crippen molar-refractivity contribution in [2.75, 3.05) is 26.1 Å². The van der Waals surface area contributed by atoms with Gasteiger partial charge in [-0.15, -0.1) is 0 Å². The summed E-state index contributed by atoms with van der Waals surface area (Å²) in [6, 6.07) is 8.27. The third kappa shape index (κ3) is 4.61. The van der Waals surface area contributed by atoms with Crippen LogP contribution in [0.3, 0.4) is 0 Å². The van der Waals surface area contributed by atoms with Crippen molar-refractivity contribution >= 4 is 22.5 Å². The Morgan fingerprint density at radius 1 is 1.12 bits per heavy atom. The van der Waals surface area contributed by atoms with E-state index in [2.05, 4.69) is 5.32 Å². The molecule has 33 heavy (non-hydrogen) atoms. The minimum absolute atomic E-state index is 0.0849. The molecule has 1 aliphatic heterocycles. The standard InChI is InChI=1S/C23H24FN3O6/c1-31-19-10-17-18(11-20(19)32-2)26(13-21(28)25-15-7-5-14(24)6-8-15)23(30)27(22(17)29)12-16-4-3-9-33-16/h5-8,10-11,16H,3-4,9,12-13H2,1-2H3,(H,25,28)/t16-/m1/s1. The second-order valence-corrected chi connectivity index (χ2v) is 7.70. The number of halogens is 1.